The van der Waals surface area contributed by atoms with E-state index in [9.17, 15) is 0 Å². The number of ether oxygens (including phenoxy) is 2. The Bertz CT molecular complexity index is 978. The fourth-order valence-corrected chi connectivity index (χ4v) is 2.50. The maximum absolute atomic E-state index is 5.71. The highest BCUT2D eigenvalue weighted by molar-refractivity contribution is 5.62. The summed E-state index contributed by atoms with van der Waals surface area (Å²) in [7, 11) is 1.60. The molecule has 0 fully saturated rings. The second-order valence-corrected chi connectivity index (χ2v) is 5.43. The zero-order valence-electron chi connectivity index (χ0n) is 14.1. The number of hydrogen-bond acceptors (Lipinski definition) is 6. The maximum Gasteiger partial charge on any atom is 0.254 e. The van der Waals surface area contributed by atoms with Crippen LogP contribution in [0.1, 0.15) is 5.89 Å². The summed E-state index contributed by atoms with van der Waals surface area (Å²) in [6.07, 6.45) is 3.62. The molecule has 130 valence electrons. The number of aromatic nitrogens is 4. The molecular formula is C19H16N4O3. The lowest BCUT2D eigenvalue weighted by Gasteiger charge is -2.05. The van der Waals surface area contributed by atoms with Crippen LogP contribution in [-0.2, 0) is 6.61 Å². The van der Waals surface area contributed by atoms with Crippen LogP contribution in [0.4, 0.5) is 0 Å². The van der Waals surface area contributed by atoms with Crippen molar-refractivity contribution in [3.63, 3.8) is 0 Å². The van der Waals surface area contributed by atoms with Crippen LogP contribution < -0.4 is 9.47 Å². The zero-order valence-corrected chi connectivity index (χ0v) is 14.1. The van der Waals surface area contributed by atoms with Gasteiger partial charge in [0.1, 0.15) is 11.5 Å². The molecule has 7 heteroatoms. The summed E-state index contributed by atoms with van der Waals surface area (Å²) in [5, 5.41) is 12.3. The fraction of sp³-hybridized carbons (Fsp3) is 0.105. The highest BCUT2D eigenvalue weighted by atomic mass is 16.5. The van der Waals surface area contributed by atoms with E-state index in [-0.39, 0.29) is 6.61 Å². The average Bonchev–Trinajstić information content (AvgIpc) is 3.39. The van der Waals surface area contributed by atoms with Crippen LogP contribution in [-0.4, -0.2) is 27.1 Å². The Morgan fingerprint density at radius 3 is 2.62 bits per heavy atom. The van der Waals surface area contributed by atoms with E-state index in [1.165, 1.54) is 0 Å². The Morgan fingerprint density at radius 2 is 1.85 bits per heavy atom. The minimum atomic E-state index is 0.184. The van der Waals surface area contributed by atoms with Gasteiger partial charge in [0, 0.05) is 12.4 Å². The molecule has 0 radical (unpaired) electrons. The molecule has 0 aliphatic heterocycles. The molecule has 0 unspecified atom stereocenters. The van der Waals surface area contributed by atoms with Crippen LogP contribution in [0.2, 0.25) is 0 Å². The van der Waals surface area contributed by atoms with E-state index < -0.39 is 0 Å². The van der Waals surface area contributed by atoms with Gasteiger partial charge in [-0.05, 0) is 42.5 Å². The zero-order chi connectivity index (χ0) is 17.8. The molecule has 2 heterocycles. The Morgan fingerprint density at radius 1 is 1.00 bits per heavy atom. The summed E-state index contributed by atoms with van der Waals surface area (Å²) >= 11 is 0. The largest absolute Gasteiger partial charge is 0.496 e. The number of benzene rings is 2. The molecule has 0 spiro atoms. The van der Waals surface area contributed by atoms with Crippen LogP contribution in [0.5, 0.6) is 11.5 Å². The first-order chi connectivity index (χ1) is 12.8. The number of nitrogens with zero attached hydrogens (tertiary/aromatic N) is 4. The molecule has 26 heavy (non-hydrogen) atoms. The van der Waals surface area contributed by atoms with Crippen LogP contribution in [0.15, 0.2) is 71.4 Å². The molecule has 0 aliphatic carbocycles. The molecule has 2 aromatic carbocycles. The molecule has 0 saturated heterocycles. The molecular weight excluding hydrogens is 332 g/mol. The third kappa shape index (κ3) is 3.27. The van der Waals surface area contributed by atoms with Gasteiger partial charge in [-0.25, -0.2) is 4.68 Å². The van der Waals surface area contributed by atoms with Gasteiger partial charge in [-0.3, -0.25) is 0 Å². The van der Waals surface area contributed by atoms with E-state index >= 15 is 0 Å². The highest BCUT2D eigenvalue weighted by Crippen LogP contribution is 2.28. The molecule has 7 nitrogen and oxygen atoms in total. The van der Waals surface area contributed by atoms with Gasteiger partial charge >= 0.3 is 0 Å². The molecule has 4 aromatic rings. The topological polar surface area (TPSA) is 75.2 Å². The smallest absolute Gasteiger partial charge is 0.254 e. The average molecular weight is 348 g/mol. The minimum Gasteiger partial charge on any atom is -0.496 e. The van der Waals surface area contributed by atoms with Crippen molar-refractivity contribution in [2.24, 2.45) is 0 Å². The van der Waals surface area contributed by atoms with Crippen molar-refractivity contribution in [1.29, 1.82) is 0 Å². The molecule has 0 atom stereocenters. The van der Waals surface area contributed by atoms with Gasteiger partial charge in [-0.2, -0.15) is 5.10 Å². The predicted molar refractivity (Wildman–Crippen MR) is 94.2 cm³/mol. The van der Waals surface area contributed by atoms with Gasteiger partial charge in [-0.15, -0.1) is 10.2 Å². The fourth-order valence-electron chi connectivity index (χ4n) is 2.50. The minimum absolute atomic E-state index is 0.184. The van der Waals surface area contributed by atoms with E-state index in [0.717, 1.165) is 11.3 Å². The van der Waals surface area contributed by atoms with E-state index in [0.29, 0.717) is 23.3 Å². The third-order valence-corrected chi connectivity index (χ3v) is 3.77. The molecule has 0 aliphatic rings. The van der Waals surface area contributed by atoms with Gasteiger partial charge in [0.15, 0.2) is 6.61 Å². The lowest BCUT2D eigenvalue weighted by molar-refractivity contribution is 0.264. The monoisotopic (exact) mass is 348 g/mol. The van der Waals surface area contributed by atoms with Gasteiger partial charge in [0.05, 0.1) is 18.4 Å². The van der Waals surface area contributed by atoms with Crippen LogP contribution >= 0.6 is 0 Å². The van der Waals surface area contributed by atoms with Gasteiger partial charge in [-0.1, -0.05) is 12.1 Å². The Hall–Kier alpha value is -3.61. The quantitative estimate of drug-likeness (QED) is 0.531. The molecule has 2 aromatic heterocycles. The third-order valence-electron chi connectivity index (χ3n) is 3.77. The van der Waals surface area contributed by atoms with Crippen molar-refractivity contribution in [2.75, 3.05) is 7.11 Å². The van der Waals surface area contributed by atoms with Gasteiger partial charge in [0.25, 0.3) is 11.8 Å². The number of hydrogen-bond donors (Lipinski definition) is 0. The Kier molecular flexibility index (Phi) is 4.34. The number of methoxy groups -OCH3 is 1. The van der Waals surface area contributed by atoms with Crippen LogP contribution in [0.3, 0.4) is 0 Å². The molecule has 0 N–H and O–H groups in total. The summed E-state index contributed by atoms with van der Waals surface area (Å²) < 4.78 is 18.5. The van der Waals surface area contributed by atoms with E-state index in [1.54, 1.807) is 18.0 Å². The number of rotatable bonds is 6. The Labute approximate surface area is 149 Å². The first-order valence-corrected chi connectivity index (χ1v) is 8.02. The second-order valence-electron chi connectivity index (χ2n) is 5.43. The van der Waals surface area contributed by atoms with Crippen LogP contribution in [0.25, 0.3) is 17.1 Å². The van der Waals surface area contributed by atoms with Crippen LogP contribution in [0, 0.1) is 0 Å². The standard InChI is InChI=1S/C19H16N4O3/c1-24-17-6-3-2-5-16(17)19-22-21-18(26-19)13-25-15-9-7-14(8-10-15)23-12-4-11-20-23/h2-12H,13H2,1H3. The first kappa shape index (κ1) is 15.9. The number of para-hydroxylation sites is 1. The van der Waals surface area contributed by atoms with Gasteiger partial charge in [0.2, 0.25) is 0 Å². The lowest BCUT2D eigenvalue weighted by Crippen LogP contribution is -1.97. The van der Waals surface area contributed by atoms with Crippen molar-refractivity contribution >= 4 is 0 Å². The van der Waals surface area contributed by atoms with Crippen molar-refractivity contribution in [1.82, 2.24) is 20.0 Å². The lowest BCUT2D eigenvalue weighted by atomic mass is 10.2. The highest BCUT2D eigenvalue weighted by Gasteiger charge is 2.13. The first-order valence-electron chi connectivity index (χ1n) is 8.02. The van der Waals surface area contributed by atoms with E-state index in [2.05, 4.69) is 15.3 Å². The molecule has 0 saturated carbocycles. The normalized spacial score (nSPS) is 10.7. The summed E-state index contributed by atoms with van der Waals surface area (Å²) in [6.45, 7) is 0.184. The second kappa shape index (κ2) is 7.10. The maximum atomic E-state index is 5.71. The van der Waals surface area contributed by atoms with Crippen molar-refractivity contribution in [3.05, 3.63) is 72.9 Å². The van der Waals surface area contributed by atoms with Crippen molar-refractivity contribution in [3.8, 4) is 28.6 Å². The predicted octanol–water partition coefficient (Wildman–Crippen LogP) is 3.51. The molecule has 0 bridgehead atoms. The van der Waals surface area contributed by atoms with E-state index in [1.807, 2.05) is 60.8 Å². The van der Waals surface area contributed by atoms with Crippen molar-refractivity contribution in [2.45, 2.75) is 6.61 Å². The van der Waals surface area contributed by atoms with Crippen molar-refractivity contribution < 1.29 is 13.9 Å². The van der Waals surface area contributed by atoms with E-state index in [4.69, 9.17) is 13.9 Å². The summed E-state index contributed by atoms with van der Waals surface area (Å²) in [6, 6.07) is 17.0. The molecule has 0 amide bonds. The summed E-state index contributed by atoms with van der Waals surface area (Å²) in [5.41, 5.74) is 1.70. The SMILES string of the molecule is COc1ccccc1-c1nnc(COc2ccc(-n3cccn3)cc2)o1. The summed E-state index contributed by atoms with van der Waals surface area (Å²) in [4.78, 5) is 0. The molecule has 4 rings (SSSR count). The van der Waals surface area contributed by atoms with Gasteiger partial charge < -0.3 is 13.9 Å². The summed E-state index contributed by atoms with van der Waals surface area (Å²) in [5.74, 6) is 2.17. The Balaban J connectivity index is 1.43.